The Bertz CT molecular complexity index is 1010. The van der Waals surface area contributed by atoms with Crippen LogP contribution in [0.5, 0.6) is 0 Å². The molecule has 3 atom stereocenters. The van der Waals surface area contributed by atoms with Crippen molar-refractivity contribution in [3.63, 3.8) is 0 Å². The third kappa shape index (κ3) is 3.93. The second-order valence-electron chi connectivity index (χ2n) is 8.13. The maximum Gasteiger partial charge on any atom is 0.159 e. The van der Waals surface area contributed by atoms with Gasteiger partial charge in [-0.3, -0.25) is 5.41 Å². The van der Waals surface area contributed by atoms with Gasteiger partial charge in [0.05, 0.1) is 22.3 Å². The molecule has 2 aromatic rings. The number of rotatable bonds is 5. The minimum Gasteiger partial charge on any atom is -0.381 e. The number of hydrogen-bond donors (Lipinski definition) is 3. The summed E-state index contributed by atoms with van der Waals surface area (Å²) < 4.78 is 8.10. The lowest BCUT2D eigenvalue weighted by molar-refractivity contribution is 0.0761. The molecular formula is C22H26BrN7O. The van der Waals surface area contributed by atoms with Crippen molar-refractivity contribution in [3.05, 3.63) is 58.5 Å². The Morgan fingerprint density at radius 1 is 1.26 bits per heavy atom. The van der Waals surface area contributed by atoms with E-state index in [-0.39, 0.29) is 18.1 Å². The maximum atomic E-state index is 8.66. The number of benzene rings is 1. The minimum absolute atomic E-state index is 0.0105. The molecule has 1 fully saturated rings. The Morgan fingerprint density at radius 2 is 2.03 bits per heavy atom. The fraction of sp³-hybridized carbons (Fsp3) is 0.409. The van der Waals surface area contributed by atoms with Gasteiger partial charge in [0.1, 0.15) is 6.17 Å². The van der Waals surface area contributed by atoms with Crippen LogP contribution in [0.25, 0.3) is 5.69 Å². The Hall–Kier alpha value is -2.49. The average Bonchev–Trinajstić information content (AvgIpc) is 3.44. The van der Waals surface area contributed by atoms with Crippen molar-refractivity contribution >= 4 is 28.0 Å². The van der Waals surface area contributed by atoms with Crippen LogP contribution in [0.2, 0.25) is 0 Å². The highest BCUT2D eigenvalue weighted by molar-refractivity contribution is 9.12. The standard InChI is InChI=1S/C22H26BrN7O/c1-14(27-16-7-9-31-10-8-16)20-19(23)21(24)30-22(28-20)18(12-26-30)15-11-25-29(13-15)17-5-3-2-4-6-17/h2-6,11-14,16,18,22,24,27-28H,7-10H2,1H3. The Balaban J connectivity index is 1.35. The van der Waals surface area contributed by atoms with Gasteiger partial charge in [-0.2, -0.15) is 10.2 Å². The smallest absolute Gasteiger partial charge is 0.159 e. The first-order valence-electron chi connectivity index (χ1n) is 10.6. The van der Waals surface area contributed by atoms with Gasteiger partial charge in [0.25, 0.3) is 0 Å². The third-order valence-electron chi connectivity index (χ3n) is 6.08. The van der Waals surface area contributed by atoms with Gasteiger partial charge in [0.15, 0.2) is 5.84 Å². The summed E-state index contributed by atoms with van der Waals surface area (Å²) in [6.45, 7) is 3.73. The van der Waals surface area contributed by atoms with E-state index in [9.17, 15) is 0 Å². The second-order valence-corrected chi connectivity index (χ2v) is 8.92. The molecule has 0 spiro atoms. The molecule has 162 valence electrons. The summed E-state index contributed by atoms with van der Waals surface area (Å²) in [4.78, 5) is 0. The molecule has 8 nitrogen and oxygen atoms in total. The number of fused-ring (bicyclic) bond motifs is 1. The fourth-order valence-electron chi connectivity index (χ4n) is 4.36. The van der Waals surface area contributed by atoms with Crippen molar-refractivity contribution in [3.8, 4) is 5.69 Å². The van der Waals surface area contributed by atoms with E-state index in [0.29, 0.717) is 11.9 Å². The molecule has 4 heterocycles. The van der Waals surface area contributed by atoms with Crippen LogP contribution in [-0.2, 0) is 4.74 Å². The van der Waals surface area contributed by atoms with Gasteiger partial charge in [-0.15, -0.1) is 0 Å². The normalized spacial score (nSPS) is 25.0. The van der Waals surface area contributed by atoms with Crippen LogP contribution < -0.4 is 10.6 Å². The second kappa shape index (κ2) is 8.57. The number of aromatic nitrogens is 2. The number of nitrogens with zero attached hydrogens (tertiary/aromatic N) is 4. The van der Waals surface area contributed by atoms with Gasteiger partial charge in [0, 0.05) is 49.0 Å². The highest BCUT2D eigenvalue weighted by Gasteiger charge is 2.41. The fourth-order valence-corrected chi connectivity index (χ4v) is 5.00. The van der Waals surface area contributed by atoms with E-state index >= 15 is 0 Å². The van der Waals surface area contributed by atoms with Crippen molar-refractivity contribution in [1.82, 2.24) is 25.4 Å². The Kier molecular flexibility index (Phi) is 5.64. The van der Waals surface area contributed by atoms with Crippen LogP contribution in [0.3, 0.4) is 0 Å². The van der Waals surface area contributed by atoms with Crippen LogP contribution in [0.15, 0.2) is 58.0 Å². The first-order chi connectivity index (χ1) is 15.1. The molecular weight excluding hydrogens is 458 g/mol. The van der Waals surface area contributed by atoms with Gasteiger partial charge in [0.2, 0.25) is 0 Å². The highest BCUT2D eigenvalue weighted by atomic mass is 79.9. The van der Waals surface area contributed by atoms with E-state index < -0.39 is 0 Å². The summed E-state index contributed by atoms with van der Waals surface area (Å²) in [5.74, 6) is 0.359. The average molecular weight is 484 g/mol. The number of nitrogens with one attached hydrogen (secondary N) is 3. The predicted octanol–water partition coefficient (Wildman–Crippen LogP) is 2.93. The van der Waals surface area contributed by atoms with Crippen LogP contribution >= 0.6 is 15.9 Å². The van der Waals surface area contributed by atoms with Gasteiger partial charge in [-0.05, 0) is 47.8 Å². The Labute approximate surface area is 190 Å². The number of hydrazone groups is 1. The van der Waals surface area contributed by atoms with Crippen molar-refractivity contribution in [2.45, 2.75) is 43.9 Å². The van der Waals surface area contributed by atoms with Gasteiger partial charge >= 0.3 is 0 Å². The SMILES string of the molecule is CC(NC1CCOCC1)C1=C(Br)C(=N)N2N=CC(c3cnn(-c4ccccc4)c3)C2N1. The lowest BCUT2D eigenvalue weighted by Gasteiger charge is -2.38. The molecule has 9 heteroatoms. The van der Waals surface area contributed by atoms with E-state index in [2.05, 4.69) is 43.7 Å². The Morgan fingerprint density at radius 3 is 2.81 bits per heavy atom. The van der Waals surface area contributed by atoms with Crippen molar-refractivity contribution in [2.24, 2.45) is 5.10 Å². The van der Waals surface area contributed by atoms with Crippen LogP contribution in [-0.4, -0.2) is 58.3 Å². The zero-order valence-corrected chi connectivity index (χ0v) is 18.9. The summed E-state index contributed by atoms with van der Waals surface area (Å²) in [5, 5.41) is 26.8. The molecule has 1 aromatic carbocycles. The van der Waals surface area contributed by atoms with Crippen molar-refractivity contribution in [1.29, 1.82) is 5.41 Å². The molecule has 31 heavy (non-hydrogen) atoms. The summed E-state index contributed by atoms with van der Waals surface area (Å²) in [6, 6.07) is 10.6. The zero-order valence-electron chi connectivity index (χ0n) is 17.3. The molecule has 3 unspecified atom stereocenters. The van der Waals surface area contributed by atoms with Crippen molar-refractivity contribution in [2.75, 3.05) is 13.2 Å². The lowest BCUT2D eigenvalue weighted by Crippen LogP contribution is -2.54. The molecule has 1 saturated heterocycles. The topological polar surface area (TPSA) is 90.6 Å². The zero-order chi connectivity index (χ0) is 21.4. The number of ether oxygens (including phenoxy) is 1. The first kappa shape index (κ1) is 20.4. The molecule has 5 rings (SSSR count). The van der Waals surface area contributed by atoms with Crippen LogP contribution in [0, 0.1) is 5.41 Å². The summed E-state index contributed by atoms with van der Waals surface area (Å²) in [7, 11) is 0. The van der Waals surface area contributed by atoms with E-state index in [1.807, 2.05) is 53.6 Å². The van der Waals surface area contributed by atoms with E-state index in [0.717, 1.165) is 47.5 Å². The number of para-hydroxylation sites is 1. The molecule has 0 bridgehead atoms. The molecule has 3 aliphatic rings. The number of halogens is 1. The van der Waals surface area contributed by atoms with E-state index in [4.69, 9.17) is 10.1 Å². The van der Waals surface area contributed by atoms with Gasteiger partial charge in [-0.25, -0.2) is 9.69 Å². The van der Waals surface area contributed by atoms with Crippen molar-refractivity contribution < 1.29 is 4.74 Å². The summed E-state index contributed by atoms with van der Waals surface area (Å²) >= 11 is 3.63. The van der Waals surface area contributed by atoms with E-state index in [1.54, 1.807) is 5.01 Å². The van der Waals surface area contributed by atoms with E-state index in [1.165, 1.54) is 0 Å². The van der Waals surface area contributed by atoms with Crippen LogP contribution in [0.4, 0.5) is 0 Å². The number of hydrogen-bond acceptors (Lipinski definition) is 6. The molecule has 3 aliphatic heterocycles. The van der Waals surface area contributed by atoms with Crippen LogP contribution in [0.1, 0.15) is 31.2 Å². The van der Waals surface area contributed by atoms with Gasteiger partial charge in [-0.1, -0.05) is 18.2 Å². The molecule has 1 aromatic heterocycles. The summed E-state index contributed by atoms with van der Waals surface area (Å²) in [6.07, 6.45) is 7.68. The summed E-state index contributed by atoms with van der Waals surface area (Å²) in [5.41, 5.74) is 3.06. The number of amidine groups is 1. The largest absolute Gasteiger partial charge is 0.381 e. The first-order valence-corrected chi connectivity index (χ1v) is 11.4. The molecule has 0 amide bonds. The predicted molar refractivity (Wildman–Crippen MR) is 124 cm³/mol. The molecule has 0 saturated carbocycles. The molecule has 0 aliphatic carbocycles. The van der Waals surface area contributed by atoms with Gasteiger partial charge < -0.3 is 15.4 Å². The highest BCUT2D eigenvalue weighted by Crippen LogP contribution is 2.34. The minimum atomic E-state index is -0.156. The maximum absolute atomic E-state index is 8.66. The monoisotopic (exact) mass is 483 g/mol. The quantitative estimate of drug-likeness (QED) is 0.608. The molecule has 0 radical (unpaired) electrons. The third-order valence-corrected chi connectivity index (χ3v) is 6.88. The molecule has 3 N–H and O–H groups in total. The lowest BCUT2D eigenvalue weighted by atomic mass is 9.98.